The van der Waals surface area contributed by atoms with Gasteiger partial charge in [-0.2, -0.15) is 5.26 Å². The van der Waals surface area contributed by atoms with Gasteiger partial charge in [-0.15, -0.1) is 0 Å². The van der Waals surface area contributed by atoms with Crippen LogP contribution in [0.3, 0.4) is 0 Å². The van der Waals surface area contributed by atoms with E-state index in [9.17, 15) is 0 Å². The van der Waals surface area contributed by atoms with Gasteiger partial charge in [0.15, 0.2) is 0 Å². The third-order valence-electron chi connectivity index (χ3n) is 2.35. The Labute approximate surface area is 161 Å². The van der Waals surface area contributed by atoms with Crippen LogP contribution in [0.1, 0.15) is 48.0 Å². The van der Waals surface area contributed by atoms with E-state index in [0.29, 0.717) is 5.57 Å². The summed E-state index contributed by atoms with van der Waals surface area (Å²) >= 11 is 1.86. The molecule has 1 rings (SSSR count). The third kappa shape index (κ3) is 20.0. The first-order valence-corrected chi connectivity index (χ1v) is 9.66. The average Bonchev–Trinajstić information content (AvgIpc) is 3.16. The van der Waals surface area contributed by atoms with Crippen LogP contribution in [0.2, 0.25) is 0 Å². The summed E-state index contributed by atoms with van der Waals surface area (Å²) in [5.41, 5.74) is 3.53. The Kier molecular flexibility index (Phi) is 22.5. The van der Waals surface area contributed by atoms with Gasteiger partial charge in [0.1, 0.15) is 0 Å². The molecule has 0 N–H and O–H groups in total. The van der Waals surface area contributed by atoms with Crippen LogP contribution < -0.4 is 0 Å². The van der Waals surface area contributed by atoms with Gasteiger partial charge in [-0.1, -0.05) is 77.3 Å². The Balaban J connectivity index is -0.000000332. The van der Waals surface area contributed by atoms with E-state index in [0.717, 1.165) is 23.4 Å². The van der Waals surface area contributed by atoms with Crippen LogP contribution >= 0.6 is 11.9 Å². The van der Waals surface area contributed by atoms with Crippen molar-refractivity contribution in [1.82, 2.24) is 4.31 Å². The molecule has 1 aliphatic heterocycles. The Bertz CT molecular complexity index is 499. The summed E-state index contributed by atoms with van der Waals surface area (Å²) in [5.74, 6) is 1.22. The van der Waals surface area contributed by atoms with Gasteiger partial charge in [0.25, 0.3) is 0 Å². The molecule has 0 aromatic heterocycles. The molecule has 1 fully saturated rings. The predicted molar refractivity (Wildman–Crippen MR) is 118 cm³/mol. The van der Waals surface area contributed by atoms with Crippen molar-refractivity contribution in [3.8, 4) is 6.07 Å². The second kappa shape index (κ2) is 20.1. The normalized spacial score (nSPS) is 12.0. The molecule has 140 valence electrons. The van der Waals surface area contributed by atoms with E-state index in [1.165, 1.54) is 12.2 Å². The van der Waals surface area contributed by atoms with E-state index in [1.54, 1.807) is 12.2 Å². The van der Waals surface area contributed by atoms with Gasteiger partial charge in [-0.25, -0.2) is 0 Å². The molecule has 0 bridgehead atoms. The van der Waals surface area contributed by atoms with Gasteiger partial charge < -0.3 is 4.31 Å². The van der Waals surface area contributed by atoms with Crippen LogP contribution in [0.5, 0.6) is 0 Å². The summed E-state index contributed by atoms with van der Waals surface area (Å²) in [6.45, 7) is 27.8. The fraction of sp³-hybridized carbons (Fsp3) is 0.409. The zero-order valence-corrected chi connectivity index (χ0v) is 17.9. The quantitative estimate of drug-likeness (QED) is 0.294. The molecular formula is C22H36N2S. The summed E-state index contributed by atoms with van der Waals surface area (Å²) in [7, 11) is 0. The first-order valence-electron chi connectivity index (χ1n) is 8.72. The zero-order valence-electron chi connectivity index (χ0n) is 17.1. The molecule has 0 amide bonds. The molecule has 1 aliphatic rings. The lowest BCUT2D eigenvalue weighted by Crippen LogP contribution is -2.07. The largest absolute Gasteiger partial charge is 0.317 e. The molecule has 2 nitrogen and oxygen atoms in total. The van der Waals surface area contributed by atoms with Crippen LogP contribution in [0.15, 0.2) is 73.0 Å². The first kappa shape index (κ1) is 27.9. The van der Waals surface area contributed by atoms with E-state index in [4.69, 9.17) is 5.26 Å². The minimum absolute atomic E-state index is 0.456. The highest BCUT2D eigenvalue weighted by atomic mass is 32.2. The predicted octanol–water partition coefficient (Wildman–Crippen LogP) is 7.24. The summed E-state index contributed by atoms with van der Waals surface area (Å²) < 4.78 is 2.24. The lowest BCUT2D eigenvalue weighted by molar-refractivity contribution is 0.620. The molecule has 0 unspecified atom stereocenters. The average molecular weight is 361 g/mol. The Morgan fingerprint density at radius 2 is 1.40 bits per heavy atom. The van der Waals surface area contributed by atoms with Crippen molar-refractivity contribution in [2.75, 3.05) is 12.3 Å². The summed E-state index contributed by atoms with van der Waals surface area (Å²) in [5, 5.41) is 8.22. The van der Waals surface area contributed by atoms with Crippen molar-refractivity contribution >= 4 is 11.9 Å². The maximum Gasteiger partial charge on any atom is 0.0985 e. The molecule has 1 heterocycles. The molecule has 25 heavy (non-hydrogen) atoms. The van der Waals surface area contributed by atoms with Gasteiger partial charge in [0, 0.05) is 23.6 Å². The molecule has 0 aromatic rings. The van der Waals surface area contributed by atoms with Crippen LogP contribution in [0.25, 0.3) is 0 Å². The number of nitriles is 1. The van der Waals surface area contributed by atoms with Crippen molar-refractivity contribution in [2.24, 2.45) is 0 Å². The van der Waals surface area contributed by atoms with Gasteiger partial charge in [0.2, 0.25) is 0 Å². The van der Waals surface area contributed by atoms with E-state index >= 15 is 0 Å². The molecule has 0 spiro atoms. The van der Waals surface area contributed by atoms with Crippen molar-refractivity contribution in [3.63, 3.8) is 0 Å². The Morgan fingerprint density at radius 3 is 1.76 bits per heavy atom. The van der Waals surface area contributed by atoms with Crippen molar-refractivity contribution in [1.29, 1.82) is 5.26 Å². The van der Waals surface area contributed by atoms with E-state index in [2.05, 4.69) is 30.6 Å². The molecule has 0 atom stereocenters. The van der Waals surface area contributed by atoms with Crippen molar-refractivity contribution < 1.29 is 0 Å². The number of hydrogen-bond donors (Lipinski definition) is 0. The number of hydrogen-bond acceptors (Lipinski definition) is 3. The van der Waals surface area contributed by atoms with Crippen molar-refractivity contribution in [2.45, 2.75) is 48.0 Å². The zero-order chi connectivity index (χ0) is 20.3. The summed E-state index contributed by atoms with van der Waals surface area (Å²) in [6, 6.07) is 1.90. The summed E-state index contributed by atoms with van der Waals surface area (Å²) in [4.78, 5) is 0. The molecular weight excluding hydrogens is 324 g/mol. The van der Waals surface area contributed by atoms with Crippen LogP contribution in [0, 0.1) is 11.3 Å². The second-order valence-electron chi connectivity index (χ2n) is 4.78. The maximum atomic E-state index is 8.22. The second-order valence-corrected chi connectivity index (χ2v) is 5.88. The van der Waals surface area contributed by atoms with Crippen LogP contribution in [-0.4, -0.2) is 16.6 Å². The standard InChI is InChI=1S/C10H15NS.C8H9N.2C2H6/c1-9(2)5-6-10(3)11-7-4-8-12-11;1-7(2)4-5-8(3)6-9;2*1-2/h5-6H,1,3-4,7-8H2,2H3;4-5H,1,3H2,2H3;2*1-2H3/b6-5-;5-4-;;. The first-order chi connectivity index (χ1) is 11.9. The smallest absolute Gasteiger partial charge is 0.0985 e. The van der Waals surface area contributed by atoms with Gasteiger partial charge in [0.05, 0.1) is 6.07 Å². The molecule has 0 aliphatic carbocycles. The minimum atomic E-state index is 0.456. The van der Waals surface area contributed by atoms with Crippen LogP contribution in [0.4, 0.5) is 0 Å². The Morgan fingerprint density at radius 1 is 0.920 bits per heavy atom. The summed E-state index contributed by atoms with van der Waals surface area (Å²) in [6.07, 6.45) is 8.69. The minimum Gasteiger partial charge on any atom is -0.317 e. The molecule has 1 saturated heterocycles. The number of nitrogens with zero attached hydrogens (tertiary/aromatic N) is 2. The molecule has 0 radical (unpaired) electrons. The highest BCUT2D eigenvalue weighted by Crippen LogP contribution is 2.24. The molecule has 3 heteroatoms. The van der Waals surface area contributed by atoms with Gasteiger partial charge in [-0.05, 0) is 44.4 Å². The van der Waals surface area contributed by atoms with Gasteiger partial charge in [-0.3, -0.25) is 0 Å². The lowest BCUT2D eigenvalue weighted by atomic mass is 10.2. The highest BCUT2D eigenvalue weighted by molar-refractivity contribution is 7.97. The maximum absolute atomic E-state index is 8.22. The van der Waals surface area contributed by atoms with E-state index in [-0.39, 0.29) is 0 Å². The van der Waals surface area contributed by atoms with E-state index < -0.39 is 0 Å². The fourth-order valence-electron chi connectivity index (χ4n) is 1.28. The fourth-order valence-corrected chi connectivity index (χ4v) is 2.24. The third-order valence-corrected chi connectivity index (χ3v) is 3.55. The Hall–Kier alpha value is -1.92. The molecule has 0 aromatic carbocycles. The number of rotatable bonds is 5. The monoisotopic (exact) mass is 360 g/mol. The topological polar surface area (TPSA) is 27.0 Å². The van der Waals surface area contributed by atoms with Gasteiger partial charge >= 0.3 is 0 Å². The van der Waals surface area contributed by atoms with E-state index in [1.807, 2.05) is 71.7 Å². The molecule has 0 saturated carbocycles. The lowest BCUT2D eigenvalue weighted by Gasteiger charge is -2.15. The number of allylic oxidation sites excluding steroid dienone is 7. The van der Waals surface area contributed by atoms with Crippen molar-refractivity contribution in [3.05, 3.63) is 73.0 Å². The SMILES string of the molecule is C=C(C)/C=C\C(=C)C#N.C=C(C)/C=C\C(=C)N1CCCS1.CC.CC. The van der Waals surface area contributed by atoms with Crippen LogP contribution in [-0.2, 0) is 0 Å². The highest BCUT2D eigenvalue weighted by Gasteiger charge is 2.11.